The predicted molar refractivity (Wildman–Crippen MR) is 111 cm³/mol. The highest BCUT2D eigenvalue weighted by Crippen LogP contribution is 2.38. The maximum absolute atomic E-state index is 13.9. The molecule has 0 atom stereocenters. The van der Waals surface area contributed by atoms with Crippen LogP contribution < -0.4 is 9.47 Å². The van der Waals surface area contributed by atoms with Crippen molar-refractivity contribution in [2.45, 2.75) is 26.6 Å². The minimum absolute atomic E-state index is 0.0400. The lowest BCUT2D eigenvalue weighted by Gasteiger charge is -2.13. The second-order valence-corrected chi connectivity index (χ2v) is 7.18. The first-order chi connectivity index (χ1) is 14.8. The van der Waals surface area contributed by atoms with Crippen LogP contribution in [0.25, 0.3) is 16.7 Å². The molecule has 4 rings (SSSR count). The summed E-state index contributed by atoms with van der Waals surface area (Å²) in [6.07, 6.45) is -4.58. The summed E-state index contributed by atoms with van der Waals surface area (Å²) in [6, 6.07) is 15.4. The van der Waals surface area contributed by atoms with Crippen LogP contribution in [0.2, 0.25) is 0 Å². The fourth-order valence-electron chi connectivity index (χ4n) is 3.35. The SMILES string of the molecule is COc1cccc(COc2cc(C(F)(F)F)c3c(C)nn(-c4ccc(C)cc4)c3n2)c1. The van der Waals surface area contributed by atoms with Crippen LogP contribution in [0.4, 0.5) is 13.2 Å². The van der Waals surface area contributed by atoms with Gasteiger partial charge < -0.3 is 9.47 Å². The third kappa shape index (κ3) is 4.19. The van der Waals surface area contributed by atoms with Crippen molar-refractivity contribution in [3.63, 3.8) is 0 Å². The van der Waals surface area contributed by atoms with E-state index in [0.717, 1.165) is 17.2 Å². The first-order valence-corrected chi connectivity index (χ1v) is 9.56. The standard InChI is InChI=1S/C23H20F3N3O2/c1-14-7-9-17(10-8-14)29-22-21(15(2)28-29)19(23(24,25)26)12-20(27-22)31-13-16-5-4-6-18(11-16)30-3/h4-12H,13H2,1-3H3. The van der Waals surface area contributed by atoms with E-state index < -0.39 is 11.7 Å². The van der Waals surface area contributed by atoms with Crippen LogP contribution in [0.1, 0.15) is 22.4 Å². The van der Waals surface area contributed by atoms with E-state index in [2.05, 4.69) is 10.1 Å². The smallest absolute Gasteiger partial charge is 0.417 e. The van der Waals surface area contributed by atoms with Crippen molar-refractivity contribution in [1.29, 1.82) is 0 Å². The summed E-state index contributed by atoms with van der Waals surface area (Å²) >= 11 is 0. The highest BCUT2D eigenvalue weighted by Gasteiger charge is 2.36. The van der Waals surface area contributed by atoms with Crippen molar-refractivity contribution in [1.82, 2.24) is 14.8 Å². The fourth-order valence-corrected chi connectivity index (χ4v) is 3.35. The van der Waals surface area contributed by atoms with Crippen molar-refractivity contribution in [2.75, 3.05) is 7.11 Å². The van der Waals surface area contributed by atoms with Gasteiger partial charge in [0.2, 0.25) is 5.88 Å². The molecule has 0 aliphatic heterocycles. The number of pyridine rings is 1. The van der Waals surface area contributed by atoms with Crippen LogP contribution >= 0.6 is 0 Å². The van der Waals surface area contributed by atoms with Gasteiger partial charge in [0.25, 0.3) is 0 Å². The van der Waals surface area contributed by atoms with Crippen molar-refractivity contribution in [3.8, 4) is 17.3 Å². The van der Waals surface area contributed by atoms with E-state index in [1.165, 1.54) is 4.68 Å². The zero-order valence-corrected chi connectivity index (χ0v) is 17.2. The number of benzene rings is 2. The Balaban J connectivity index is 1.80. The fraction of sp³-hybridized carbons (Fsp3) is 0.217. The van der Waals surface area contributed by atoms with Gasteiger partial charge in [-0.1, -0.05) is 29.8 Å². The number of hydrogen-bond acceptors (Lipinski definition) is 4. The highest BCUT2D eigenvalue weighted by atomic mass is 19.4. The number of methoxy groups -OCH3 is 1. The van der Waals surface area contributed by atoms with Crippen molar-refractivity contribution >= 4 is 11.0 Å². The van der Waals surface area contributed by atoms with Crippen LogP contribution in [0.15, 0.2) is 54.6 Å². The molecule has 4 aromatic rings. The molecule has 0 aliphatic rings. The minimum atomic E-state index is -4.58. The summed E-state index contributed by atoms with van der Waals surface area (Å²) in [5.74, 6) is 0.504. The Labute approximate surface area is 177 Å². The van der Waals surface area contributed by atoms with Crippen LogP contribution in [-0.2, 0) is 12.8 Å². The Bertz CT molecular complexity index is 1230. The molecular weight excluding hydrogens is 407 g/mol. The second-order valence-electron chi connectivity index (χ2n) is 7.18. The average Bonchev–Trinajstić information content (AvgIpc) is 3.08. The monoisotopic (exact) mass is 427 g/mol. The lowest BCUT2D eigenvalue weighted by Crippen LogP contribution is -2.09. The van der Waals surface area contributed by atoms with Crippen LogP contribution in [0, 0.1) is 13.8 Å². The topological polar surface area (TPSA) is 49.2 Å². The number of aryl methyl sites for hydroxylation is 2. The minimum Gasteiger partial charge on any atom is -0.497 e. The number of aromatic nitrogens is 3. The van der Waals surface area contributed by atoms with E-state index in [4.69, 9.17) is 9.47 Å². The molecule has 2 aromatic carbocycles. The molecule has 0 aliphatic carbocycles. The lowest BCUT2D eigenvalue weighted by molar-refractivity contribution is -0.136. The molecule has 5 nitrogen and oxygen atoms in total. The summed E-state index contributed by atoms with van der Waals surface area (Å²) in [4.78, 5) is 4.37. The lowest BCUT2D eigenvalue weighted by atomic mass is 10.1. The Morgan fingerprint density at radius 3 is 2.42 bits per heavy atom. The molecule has 2 aromatic heterocycles. The van der Waals surface area contributed by atoms with Crippen LogP contribution in [0.3, 0.4) is 0 Å². The Hall–Kier alpha value is -3.55. The molecule has 0 fully saturated rings. The van der Waals surface area contributed by atoms with Gasteiger partial charge in [0.15, 0.2) is 5.65 Å². The quantitative estimate of drug-likeness (QED) is 0.413. The normalized spacial score (nSPS) is 11.7. The van der Waals surface area contributed by atoms with Gasteiger partial charge in [-0.05, 0) is 43.7 Å². The molecule has 8 heteroatoms. The molecule has 0 N–H and O–H groups in total. The summed E-state index contributed by atoms with van der Waals surface area (Å²) in [7, 11) is 1.54. The highest BCUT2D eigenvalue weighted by molar-refractivity contribution is 5.84. The van der Waals surface area contributed by atoms with Gasteiger partial charge in [-0.2, -0.15) is 23.3 Å². The zero-order valence-electron chi connectivity index (χ0n) is 17.2. The molecule has 160 valence electrons. The average molecular weight is 427 g/mol. The number of alkyl halides is 3. The van der Waals surface area contributed by atoms with E-state index in [1.54, 1.807) is 50.4 Å². The number of nitrogens with zero attached hydrogens (tertiary/aromatic N) is 3. The number of hydrogen-bond donors (Lipinski definition) is 0. The molecule has 0 amide bonds. The maximum atomic E-state index is 13.9. The maximum Gasteiger partial charge on any atom is 0.417 e. The Morgan fingerprint density at radius 2 is 1.74 bits per heavy atom. The largest absolute Gasteiger partial charge is 0.497 e. The molecule has 0 radical (unpaired) electrons. The van der Waals surface area contributed by atoms with E-state index in [-0.39, 0.29) is 29.2 Å². The first kappa shape index (κ1) is 20.7. The third-order valence-corrected chi connectivity index (χ3v) is 4.89. The molecule has 0 saturated carbocycles. The van der Waals surface area contributed by atoms with Crippen LogP contribution in [0.5, 0.6) is 11.6 Å². The molecule has 31 heavy (non-hydrogen) atoms. The number of rotatable bonds is 5. The van der Waals surface area contributed by atoms with Crippen molar-refractivity contribution < 1.29 is 22.6 Å². The van der Waals surface area contributed by atoms with Gasteiger partial charge in [0, 0.05) is 6.07 Å². The second kappa shape index (κ2) is 7.94. The number of ether oxygens (including phenoxy) is 2. The van der Waals surface area contributed by atoms with E-state index in [9.17, 15) is 13.2 Å². The van der Waals surface area contributed by atoms with E-state index in [1.807, 2.05) is 19.1 Å². The Kier molecular flexibility index (Phi) is 5.31. The van der Waals surface area contributed by atoms with Gasteiger partial charge in [0.1, 0.15) is 12.4 Å². The predicted octanol–water partition coefficient (Wildman–Crippen LogP) is 5.64. The van der Waals surface area contributed by atoms with Gasteiger partial charge in [0.05, 0.1) is 29.4 Å². The number of halogens is 3. The van der Waals surface area contributed by atoms with Crippen LogP contribution in [-0.4, -0.2) is 21.9 Å². The van der Waals surface area contributed by atoms with Gasteiger partial charge >= 0.3 is 6.18 Å². The van der Waals surface area contributed by atoms with Crippen molar-refractivity contribution in [2.24, 2.45) is 0 Å². The molecule has 0 bridgehead atoms. The first-order valence-electron chi connectivity index (χ1n) is 9.56. The van der Waals surface area contributed by atoms with Crippen molar-refractivity contribution in [3.05, 3.63) is 77.0 Å². The Morgan fingerprint density at radius 1 is 1.00 bits per heavy atom. The molecule has 0 saturated heterocycles. The number of fused-ring (bicyclic) bond motifs is 1. The summed E-state index contributed by atoms with van der Waals surface area (Å²) in [5.41, 5.74) is 1.91. The molecule has 2 heterocycles. The van der Waals surface area contributed by atoms with E-state index in [0.29, 0.717) is 11.4 Å². The summed E-state index contributed by atoms with van der Waals surface area (Å²) < 4.78 is 53.8. The van der Waals surface area contributed by atoms with Gasteiger partial charge in [-0.15, -0.1) is 0 Å². The molecule has 0 unspecified atom stereocenters. The molecule has 0 spiro atoms. The molecular formula is C23H20F3N3O2. The summed E-state index contributed by atoms with van der Waals surface area (Å²) in [6.45, 7) is 3.52. The van der Waals surface area contributed by atoms with E-state index >= 15 is 0 Å². The summed E-state index contributed by atoms with van der Waals surface area (Å²) in [5, 5.41) is 4.29. The van der Waals surface area contributed by atoms with Gasteiger partial charge in [-0.3, -0.25) is 0 Å². The zero-order chi connectivity index (χ0) is 22.2. The third-order valence-electron chi connectivity index (χ3n) is 4.89. The van der Waals surface area contributed by atoms with Gasteiger partial charge in [-0.25, -0.2) is 4.68 Å².